The molecule has 0 atom stereocenters. The lowest BCUT2D eigenvalue weighted by Crippen LogP contribution is -2.25. The Morgan fingerprint density at radius 1 is 1.15 bits per heavy atom. The molecule has 0 bridgehead atoms. The summed E-state index contributed by atoms with van der Waals surface area (Å²) < 4.78 is 5.36. The number of benzene rings is 2. The summed E-state index contributed by atoms with van der Waals surface area (Å²) in [6.45, 7) is 2.24. The Labute approximate surface area is 118 Å². The zero-order valence-corrected chi connectivity index (χ0v) is 11.5. The third-order valence-corrected chi connectivity index (χ3v) is 3.62. The fourth-order valence-corrected chi connectivity index (χ4v) is 2.46. The Balaban J connectivity index is 1.74. The third kappa shape index (κ3) is 2.67. The second-order valence-corrected chi connectivity index (χ2v) is 5.09. The van der Waals surface area contributed by atoms with Gasteiger partial charge in [0, 0.05) is 0 Å². The van der Waals surface area contributed by atoms with Gasteiger partial charge in [0.25, 0.3) is 5.91 Å². The minimum atomic E-state index is -0.0893. The van der Waals surface area contributed by atoms with E-state index in [0.717, 1.165) is 24.3 Å². The molecule has 1 amide bonds. The largest absolute Gasteiger partial charge is 0.482 e. The van der Waals surface area contributed by atoms with Crippen LogP contribution in [0.5, 0.6) is 5.75 Å². The highest BCUT2D eigenvalue weighted by Gasteiger charge is 2.15. The topological polar surface area (TPSA) is 38.3 Å². The van der Waals surface area contributed by atoms with Gasteiger partial charge >= 0.3 is 0 Å². The molecule has 0 aromatic heterocycles. The van der Waals surface area contributed by atoms with Crippen molar-refractivity contribution < 1.29 is 9.53 Å². The molecule has 0 fully saturated rings. The van der Waals surface area contributed by atoms with E-state index in [-0.39, 0.29) is 12.5 Å². The molecule has 0 unspecified atom stereocenters. The van der Waals surface area contributed by atoms with Crippen LogP contribution in [0.1, 0.15) is 16.7 Å². The predicted octanol–water partition coefficient (Wildman–Crippen LogP) is 3.11. The van der Waals surface area contributed by atoms with E-state index >= 15 is 0 Å². The van der Waals surface area contributed by atoms with Crippen LogP contribution in [0.4, 0.5) is 5.69 Å². The highest BCUT2D eigenvalue weighted by atomic mass is 16.5. The zero-order chi connectivity index (χ0) is 13.9. The average Bonchev–Trinajstić information content (AvgIpc) is 2.46. The summed E-state index contributed by atoms with van der Waals surface area (Å²) in [5, 5.41) is 2.85. The summed E-state index contributed by atoms with van der Waals surface area (Å²) in [7, 11) is 0. The molecular weight excluding hydrogens is 250 g/mol. The van der Waals surface area contributed by atoms with Gasteiger partial charge < -0.3 is 10.1 Å². The van der Waals surface area contributed by atoms with E-state index < -0.39 is 0 Å². The van der Waals surface area contributed by atoms with Crippen molar-refractivity contribution in [2.24, 2.45) is 0 Å². The smallest absolute Gasteiger partial charge is 0.262 e. The Bertz CT molecular complexity index is 649. The monoisotopic (exact) mass is 267 g/mol. The molecule has 20 heavy (non-hydrogen) atoms. The number of hydrogen-bond donors (Lipinski definition) is 1. The van der Waals surface area contributed by atoms with Gasteiger partial charge in [0.05, 0.1) is 5.69 Å². The van der Waals surface area contributed by atoms with Crippen LogP contribution in [-0.2, 0) is 17.6 Å². The van der Waals surface area contributed by atoms with Crippen LogP contribution in [0, 0.1) is 6.92 Å². The van der Waals surface area contributed by atoms with Crippen LogP contribution in [0.25, 0.3) is 0 Å². The quantitative estimate of drug-likeness (QED) is 0.928. The van der Waals surface area contributed by atoms with E-state index in [1.165, 1.54) is 16.7 Å². The van der Waals surface area contributed by atoms with Crippen LogP contribution >= 0.6 is 0 Å². The fourth-order valence-electron chi connectivity index (χ4n) is 2.46. The van der Waals surface area contributed by atoms with Crippen LogP contribution in [0.2, 0.25) is 0 Å². The van der Waals surface area contributed by atoms with Gasteiger partial charge in [-0.3, -0.25) is 4.79 Å². The summed E-state index contributed by atoms with van der Waals surface area (Å²) in [6, 6.07) is 14.4. The molecule has 0 radical (unpaired) electrons. The minimum Gasteiger partial charge on any atom is -0.482 e. The molecular formula is C17H17NO2. The van der Waals surface area contributed by atoms with E-state index in [2.05, 4.69) is 42.6 Å². The van der Waals surface area contributed by atoms with Gasteiger partial charge in [-0.05, 0) is 48.6 Å². The van der Waals surface area contributed by atoms with Gasteiger partial charge in [0.15, 0.2) is 6.61 Å². The van der Waals surface area contributed by atoms with Crippen molar-refractivity contribution in [1.82, 2.24) is 0 Å². The average molecular weight is 267 g/mol. The van der Waals surface area contributed by atoms with E-state index in [1.54, 1.807) is 0 Å². The fraction of sp³-hybridized carbons (Fsp3) is 0.235. The van der Waals surface area contributed by atoms with Crippen molar-refractivity contribution in [2.75, 3.05) is 11.9 Å². The number of rotatable bonds is 3. The van der Waals surface area contributed by atoms with E-state index in [4.69, 9.17) is 4.74 Å². The molecule has 2 aromatic rings. The lowest BCUT2D eigenvalue weighted by atomic mass is 10.00. The standard InChI is InChI=1S/C17H17NO2/c1-12-4-2-3-5-14(12)8-6-13-7-9-16-15(10-13)18-17(19)11-20-16/h2-5,7,9-10H,6,8,11H2,1H3,(H,18,19). The molecule has 0 saturated carbocycles. The Kier molecular flexibility index (Phi) is 3.42. The maximum Gasteiger partial charge on any atom is 0.262 e. The molecule has 1 heterocycles. The second kappa shape index (κ2) is 5.37. The number of hydrogen-bond acceptors (Lipinski definition) is 2. The summed E-state index contributed by atoms with van der Waals surface area (Å²) in [5.74, 6) is 0.665. The SMILES string of the molecule is Cc1ccccc1CCc1ccc2c(c1)NC(=O)CO2. The third-order valence-electron chi connectivity index (χ3n) is 3.62. The molecule has 1 aliphatic rings. The summed E-state index contributed by atoms with van der Waals surface area (Å²) in [4.78, 5) is 11.3. The lowest BCUT2D eigenvalue weighted by molar-refractivity contribution is -0.118. The molecule has 3 rings (SSSR count). The molecule has 0 aliphatic carbocycles. The molecule has 1 N–H and O–H groups in total. The van der Waals surface area contributed by atoms with Crippen LogP contribution in [-0.4, -0.2) is 12.5 Å². The van der Waals surface area contributed by atoms with Gasteiger partial charge in [-0.25, -0.2) is 0 Å². The highest BCUT2D eigenvalue weighted by molar-refractivity contribution is 5.95. The maximum atomic E-state index is 11.3. The van der Waals surface area contributed by atoms with Gasteiger partial charge in [-0.15, -0.1) is 0 Å². The number of aryl methyl sites for hydroxylation is 3. The number of nitrogens with one attached hydrogen (secondary N) is 1. The number of carbonyl (C=O) groups is 1. The first kappa shape index (κ1) is 12.7. The first-order valence-corrected chi connectivity index (χ1v) is 6.82. The van der Waals surface area contributed by atoms with Crippen molar-refractivity contribution in [3.63, 3.8) is 0 Å². The van der Waals surface area contributed by atoms with Crippen LogP contribution in [0.15, 0.2) is 42.5 Å². The molecule has 0 spiro atoms. The van der Waals surface area contributed by atoms with E-state index in [9.17, 15) is 4.79 Å². The first-order valence-electron chi connectivity index (χ1n) is 6.82. The summed E-state index contributed by atoms with van der Waals surface area (Å²) >= 11 is 0. The second-order valence-electron chi connectivity index (χ2n) is 5.09. The predicted molar refractivity (Wildman–Crippen MR) is 79.2 cm³/mol. The Morgan fingerprint density at radius 2 is 2.00 bits per heavy atom. The normalized spacial score (nSPS) is 13.3. The summed E-state index contributed by atoms with van der Waals surface area (Å²) in [5.41, 5.74) is 4.67. The minimum absolute atomic E-state index is 0.0893. The molecule has 3 heteroatoms. The van der Waals surface area contributed by atoms with Gasteiger partial charge in [-0.2, -0.15) is 0 Å². The van der Waals surface area contributed by atoms with Gasteiger partial charge in [-0.1, -0.05) is 30.3 Å². The van der Waals surface area contributed by atoms with Gasteiger partial charge in [0.1, 0.15) is 5.75 Å². The van der Waals surface area contributed by atoms with E-state index in [1.807, 2.05) is 12.1 Å². The number of ether oxygens (including phenoxy) is 1. The van der Waals surface area contributed by atoms with E-state index in [0.29, 0.717) is 0 Å². The Hall–Kier alpha value is -2.29. The van der Waals surface area contributed by atoms with Crippen molar-refractivity contribution in [2.45, 2.75) is 19.8 Å². The Morgan fingerprint density at radius 3 is 2.85 bits per heavy atom. The first-order chi connectivity index (χ1) is 9.72. The highest BCUT2D eigenvalue weighted by Crippen LogP contribution is 2.28. The lowest BCUT2D eigenvalue weighted by Gasteiger charge is -2.18. The number of carbonyl (C=O) groups excluding carboxylic acids is 1. The van der Waals surface area contributed by atoms with Crippen molar-refractivity contribution in [3.8, 4) is 5.75 Å². The summed E-state index contributed by atoms with van der Waals surface area (Å²) in [6.07, 6.45) is 1.95. The van der Waals surface area contributed by atoms with Crippen molar-refractivity contribution in [1.29, 1.82) is 0 Å². The van der Waals surface area contributed by atoms with Crippen LogP contribution in [0.3, 0.4) is 0 Å². The number of anilines is 1. The zero-order valence-electron chi connectivity index (χ0n) is 11.5. The number of fused-ring (bicyclic) bond motifs is 1. The molecule has 0 saturated heterocycles. The number of amides is 1. The maximum absolute atomic E-state index is 11.3. The molecule has 1 aliphatic heterocycles. The van der Waals surface area contributed by atoms with Crippen molar-refractivity contribution >= 4 is 11.6 Å². The van der Waals surface area contributed by atoms with Gasteiger partial charge in [0.2, 0.25) is 0 Å². The molecule has 102 valence electrons. The molecule has 2 aromatic carbocycles. The van der Waals surface area contributed by atoms with Crippen LogP contribution < -0.4 is 10.1 Å². The van der Waals surface area contributed by atoms with Crippen molar-refractivity contribution in [3.05, 3.63) is 59.2 Å². The molecule has 3 nitrogen and oxygen atoms in total.